The number of amides is 2. The highest BCUT2D eigenvalue weighted by Gasteiger charge is 2.19. The fourth-order valence-electron chi connectivity index (χ4n) is 1.98. The van der Waals surface area contributed by atoms with Crippen LogP contribution in [-0.4, -0.2) is 53.0 Å². The molecule has 0 aliphatic rings. The zero-order valence-electron chi connectivity index (χ0n) is 14.3. The second kappa shape index (κ2) is 11.0. The number of hydrogen-bond acceptors (Lipinski definition) is 6. The highest BCUT2D eigenvalue weighted by Crippen LogP contribution is 1.99. The first-order valence-electron chi connectivity index (χ1n) is 7.86. The molecule has 0 fully saturated rings. The van der Waals surface area contributed by atoms with E-state index in [0.29, 0.717) is 5.56 Å². The third kappa shape index (κ3) is 8.81. The van der Waals surface area contributed by atoms with Crippen molar-refractivity contribution in [1.82, 2.24) is 16.1 Å². The number of carboxylic acids is 1. The van der Waals surface area contributed by atoms with Crippen LogP contribution in [0.25, 0.3) is 0 Å². The molecule has 0 saturated carbocycles. The first-order chi connectivity index (χ1) is 12.8. The summed E-state index contributed by atoms with van der Waals surface area (Å²) in [6.45, 7) is -0.341. The Kier molecular flexibility index (Phi) is 8.71. The number of nitrogens with one attached hydrogen (secondary N) is 3. The Labute approximate surface area is 154 Å². The molecule has 1 aromatic carbocycles. The van der Waals surface area contributed by atoms with E-state index in [1.54, 1.807) is 35.8 Å². The number of hydrogen-bond donors (Lipinski definition) is 5. The molecule has 0 radical (unpaired) electrons. The lowest BCUT2D eigenvalue weighted by Gasteiger charge is -2.14. The van der Waals surface area contributed by atoms with E-state index < -0.39 is 34.8 Å². The Morgan fingerprint density at radius 1 is 1.26 bits per heavy atom. The lowest BCUT2D eigenvalue weighted by molar-refractivity contribution is -0.525. The van der Waals surface area contributed by atoms with Gasteiger partial charge in [0.2, 0.25) is 5.91 Å². The number of nitrogens with two attached hydrogens (primary N) is 1. The molecule has 0 aliphatic heterocycles. The van der Waals surface area contributed by atoms with Gasteiger partial charge in [0.05, 0.1) is 6.54 Å². The molecule has 1 rings (SSSR count). The highest BCUT2D eigenvalue weighted by molar-refractivity contribution is 5.96. The van der Waals surface area contributed by atoms with Crippen LogP contribution in [0.4, 0.5) is 0 Å². The molecule has 12 nitrogen and oxygen atoms in total. The number of guanidine groups is 1. The maximum Gasteiger partial charge on any atom is 0.326 e. The Morgan fingerprint density at radius 2 is 1.93 bits per heavy atom. The van der Waals surface area contributed by atoms with Crippen LogP contribution in [0.3, 0.4) is 0 Å². The van der Waals surface area contributed by atoms with E-state index in [-0.39, 0.29) is 25.9 Å². The van der Waals surface area contributed by atoms with Crippen LogP contribution in [0, 0.1) is 10.1 Å². The third-order valence-electron chi connectivity index (χ3n) is 3.22. The van der Waals surface area contributed by atoms with Crippen LogP contribution in [0.1, 0.15) is 23.2 Å². The summed E-state index contributed by atoms with van der Waals surface area (Å²) in [5, 5.41) is 23.1. The van der Waals surface area contributed by atoms with E-state index >= 15 is 0 Å². The van der Waals surface area contributed by atoms with Crippen molar-refractivity contribution in [1.29, 1.82) is 0 Å². The molecule has 12 heteroatoms. The maximum absolute atomic E-state index is 11.8. The SMILES string of the molecule is NC(=NCCC[C@H](NC(=O)CNC(=O)c1ccccc1)C(=O)O)N[N+](=O)[O-]. The molecule has 6 N–H and O–H groups in total. The number of carbonyl (C=O) groups excluding carboxylic acids is 2. The molecule has 2 amide bonds. The zero-order chi connectivity index (χ0) is 20.2. The van der Waals surface area contributed by atoms with Crippen LogP contribution in [0.2, 0.25) is 0 Å². The van der Waals surface area contributed by atoms with Gasteiger partial charge in [0.15, 0.2) is 5.03 Å². The average molecular weight is 380 g/mol. The number of nitrogens with zero attached hydrogens (tertiary/aromatic N) is 2. The summed E-state index contributed by atoms with van der Waals surface area (Å²) < 4.78 is 0. The van der Waals surface area contributed by atoms with Crippen molar-refractivity contribution in [2.45, 2.75) is 18.9 Å². The fourth-order valence-corrected chi connectivity index (χ4v) is 1.98. The molecule has 0 bridgehead atoms. The summed E-state index contributed by atoms with van der Waals surface area (Å²) in [5.74, 6) is -2.77. The summed E-state index contributed by atoms with van der Waals surface area (Å²) in [4.78, 5) is 48.7. The summed E-state index contributed by atoms with van der Waals surface area (Å²) >= 11 is 0. The molecule has 0 spiro atoms. The number of benzene rings is 1. The summed E-state index contributed by atoms with van der Waals surface area (Å²) in [5.41, 5.74) is 7.24. The van der Waals surface area contributed by atoms with Crippen LogP contribution < -0.4 is 21.8 Å². The first kappa shape index (κ1) is 21.3. The van der Waals surface area contributed by atoms with E-state index in [4.69, 9.17) is 10.8 Å². The van der Waals surface area contributed by atoms with Gasteiger partial charge < -0.3 is 21.5 Å². The second-order valence-electron chi connectivity index (χ2n) is 5.29. The topological polar surface area (TPSA) is 189 Å². The van der Waals surface area contributed by atoms with Crippen molar-refractivity contribution >= 4 is 23.7 Å². The van der Waals surface area contributed by atoms with Crippen molar-refractivity contribution in [3.05, 3.63) is 46.0 Å². The summed E-state index contributed by atoms with van der Waals surface area (Å²) in [6.07, 6.45) is 0.247. The van der Waals surface area contributed by atoms with E-state index in [1.165, 1.54) is 0 Å². The molecule has 0 heterocycles. The molecule has 1 atom stereocenters. The van der Waals surface area contributed by atoms with Crippen LogP contribution in [-0.2, 0) is 9.59 Å². The van der Waals surface area contributed by atoms with Gasteiger partial charge in [-0.1, -0.05) is 23.6 Å². The molecule has 0 aliphatic carbocycles. The van der Waals surface area contributed by atoms with E-state index in [9.17, 15) is 24.5 Å². The number of carboxylic acid groups (broad SMARTS) is 1. The second-order valence-corrected chi connectivity index (χ2v) is 5.29. The van der Waals surface area contributed by atoms with Crippen LogP contribution >= 0.6 is 0 Å². The number of aliphatic imine (C=N–C) groups is 1. The molecule has 0 aromatic heterocycles. The first-order valence-corrected chi connectivity index (χ1v) is 7.86. The molecular weight excluding hydrogens is 360 g/mol. The predicted molar refractivity (Wildman–Crippen MR) is 94.2 cm³/mol. The molecular formula is C15H20N6O6. The quantitative estimate of drug-likeness (QED) is 0.111. The molecule has 0 unspecified atom stereocenters. The largest absolute Gasteiger partial charge is 0.480 e. The van der Waals surface area contributed by atoms with Gasteiger partial charge in [0.25, 0.3) is 11.9 Å². The van der Waals surface area contributed by atoms with Gasteiger partial charge in [-0.15, -0.1) is 0 Å². The van der Waals surface area contributed by atoms with Gasteiger partial charge >= 0.3 is 5.97 Å². The molecule has 1 aromatic rings. The number of aliphatic carboxylic acids is 1. The van der Waals surface area contributed by atoms with Crippen molar-refractivity contribution in [3.8, 4) is 0 Å². The van der Waals surface area contributed by atoms with Gasteiger partial charge in [-0.05, 0) is 25.0 Å². The standard InChI is InChI=1S/C15H20N6O6/c16-15(20-21(26)27)17-8-4-7-11(14(24)25)19-12(22)9-18-13(23)10-5-2-1-3-6-10/h1-3,5-6,11H,4,7-9H2,(H,18,23)(H,19,22)(H,24,25)(H3,16,17,20)/t11-/m0/s1. The number of rotatable bonds is 10. The van der Waals surface area contributed by atoms with Crippen molar-refractivity contribution in [3.63, 3.8) is 0 Å². The van der Waals surface area contributed by atoms with E-state index in [0.717, 1.165) is 0 Å². The van der Waals surface area contributed by atoms with Gasteiger partial charge in [-0.3, -0.25) is 9.59 Å². The van der Waals surface area contributed by atoms with Gasteiger partial charge in [0, 0.05) is 12.1 Å². The van der Waals surface area contributed by atoms with E-state index in [2.05, 4.69) is 15.6 Å². The predicted octanol–water partition coefficient (Wildman–Crippen LogP) is -1.14. The molecule has 0 saturated heterocycles. The smallest absolute Gasteiger partial charge is 0.326 e. The van der Waals surface area contributed by atoms with Crippen LogP contribution in [0.15, 0.2) is 35.3 Å². The normalized spacial score (nSPS) is 11.9. The van der Waals surface area contributed by atoms with Gasteiger partial charge in [-0.2, -0.15) is 0 Å². The van der Waals surface area contributed by atoms with E-state index in [1.807, 2.05) is 0 Å². The zero-order valence-corrected chi connectivity index (χ0v) is 14.3. The van der Waals surface area contributed by atoms with Crippen molar-refractivity contribution in [2.75, 3.05) is 13.1 Å². The number of nitro groups is 1. The lowest BCUT2D eigenvalue weighted by atomic mass is 10.1. The van der Waals surface area contributed by atoms with Gasteiger partial charge in [-0.25, -0.2) is 19.9 Å². The van der Waals surface area contributed by atoms with Crippen LogP contribution in [0.5, 0.6) is 0 Å². The lowest BCUT2D eigenvalue weighted by Crippen LogP contribution is -2.45. The molecule has 146 valence electrons. The fraction of sp³-hybridized carbons (Fsp3) is 0.333. The monoisotopic (exact) mass is 380 g/mol. The average Bonchev–Trinajstić information content (AvgIpc) is 2.62. The summed E-state index contributed by atoms with van der Waals surface area (Å²) in [6, 6.07) is 7.05. The Morgan fingerprint density at radius 3 is 2.52 bits per heavy atom. The van der Waals surface area contributed by atoms with Crippen molar-refractivity contribution in [2.24, 2.45) is 10.7 Å². The highest BCUT2D eigenvalue weighted by atomic mass is 16.7. The third-order valence-corrected chi connectivity index (χ3v) is 3.22. The minimum atomic E-state index is -1.25. The maximum atomic E-state index is 11.8. The summed E-state index contributed by atoms with van der Waals surface area (Å²) in [7, 11) is 0. The van der Waals surface area contributed by atoms with Crippen molar-refractivity contribution < 1.29 is 24.5 Å². The van der Waals surface area contributed by atoms with Gasteiger partial charge in [0.1, 0.15) is 6.04 Å². The molecule has 27 heavy (non-hydrogen) atoms. The Balaban J connectivity index is 2.40. The Hall–Kier alpha value is -3.70. The Bertz CT molecular complexity index is 708. The number of carbonyl (C=O) groups is 3. The minimum absolute atomic E-state index is 0.0307. The minimum Gasteiger partial charge on any atom is -0.480 e. The number of hydrazine groups is 1.